The Morgan fingerprint density at radius 3 is 2.57 bits per heavy atom. The summed E-state index contributed by atoms with van der Waals surface area (Å²) in [5.74, 6) is 0.767. The number of aromatic nitrogens is 4. The monoisotopic (exact) mass is 464 g/mol. The molecule has 1 N–H and O–H groups in total. The van der Waals surface area contributed by atoms with Gasteiger partial charge in [0.1, 0.15) is 5.82 Å². The number of carbonyl (C=O) groups excluding carboxylic acids is 1. The molecule has 1 amide bonds. The Bertz CT molecular complexity index is 1390. The molecule has 0 unspecified atom stereocenters. The van der Waals surface area contributed by atoms with Gasteiger partial charge in [0.2, 0.25) is 0 Å². The van der Waals surface area contributed by atoms with Gasteiger partial charge in [0.25, 0.3) is 5.91 Å². The molecule has 1 aliphatic heterocycles. The maximum absolute atomic E-state index is 12.6. The molecular weight excluding hydrogens is 436 g/mol. The second-order valence-electron chi connectivity index (χ2n) is 9.04. The van der Waals surface area contributed by atoms with E-state index in [1.165, 1.54) is 11.1 Å². The molecule has 5 heterocycles. The molecule has 0 bridgehead atoms. The highest BCUT2D eigenvalue weighted by Crippen LogP contribution is 2.29. The van der Waals surface area contributed by atoms with Crippen LogP contribution in [0.15, 0.2) is 61.3 Å². The maximum Gasteiger partial charge on any atom is 0.253 e. The lowest BCUT2D eigenvalue weighted by Gasteiger charge is -2.30. The van der Waals surface area contributed by atoms with E-state index < -0.39 is 0 Å². The van der Waals surface area contributed by atoms with Gasteiger partial charge in [-0.05, 0) is 73.4 Å². The fourth-order valence-corrected chi connectivity index (χ4v) is 4.56. The van der Waals surface area contributed by atoms with Crippen LogP contribution in [0.2, 0.25) is 0 Å². The minimum atomic E-state index is -0.135. The summed E-state index contributed by atoms with van der Waals surface area (Å²) >= 11 is 0. The normalized spacial score (nSPS) is 12.8. The van der Waals surface area contributed by atoms with E-state index in [4.69, 9.17) is 4.98 Å². The minimum Gasteiger partial charge on any atom is -0.352 e. The Morgan fingerprint density at radius 1 is 0.971 bits per heavy atom. The molecule has 0 atom stereocenters. The highest BCUT2D eigenvalue weighted by atomic mass is 16.1. The number of fused-ring (bicyclic) bond motifs is 1. The van der Waals surface area contributed by atoms with Gasteiger partial charge in [-0.25, -0.2) is 4.98 Å². The van der Waals surface area contributed by atoms with E-state index >= 15 is 0 Å². The zero-order valence-electron chi connectivity index (χ0n) is 20.2. The molecule has 0 radical (unpaired) electrons. The molecule has 0 fully saturated rings. The SMILES string of the molecule is Cc1cc(C)c(-c2cnc3c(c2)CN(c2ncc(C(=O)NCc4ccncc4)cc2C)CC3)cn1. The van der Waals surface area contributed by atoms with Crippen LogP contribution < -0.4 is 10.2 Å². The smallest absolute Gasteiger partial charge is 0.253 e. The topological polar surface area (TPSA) is 83.9 Å². The standard InChI is InChI=1S/C28H28N6O/c1-18-10-20(3)30-16-25(18)22-12-24-17-34(9-6-26(24)31-14-22)27-19(2)11-23(15-32-27)28(35)33-13-21-4-7-29-8-5-21/h4-5,7-8,10-12,14-16H,6,9,13,17H2,1-3H3,(H,33,35). The lowest BCUT2D eigenvalue weighted by molar-refractivity contribution is 0.0950. The molecule has 4 aromatic rings. The predicted molar refractivity (Wildman–Crippen MR) is 136 cm³/mol. The third-order valence-corrected chi connectivity index (χ3v) is 6.41. The van der Waals surface area contributed by atoms with Crippen LogP contribution in [0.4, 0.5) is 5.82 Å². The van der Waals surface area contributed by atoms with E-state index in [2.05, 4.69) is 44.2 Å². The molecule has 176 valence electrons. The fraction of sp³-hybridized carbons (Fsp3) is 0.250. The Morgan fingerprint density at radius 2 is 1.80 bits per heavy atom. The van der Waals surface area contributed by atoms with Crippen molar-refractivity contribution in [3.05, 3.63) is 101 Å². The highest BCUT2D eigenvalue weighted by Gasteiger charge is 2.21. The minimum absolute atomic E-state index is 0.135. The number of carbonyl (C=O) groups is 1. The Kier molecular flexibility index (Phi) is 6.23. The first-order chi connectivity index (χ1) is 17.0. The summed E-state index contributed by atoms with van der Waals surface area (Å²) < 4.78 is 0. The number of aryl methyl sites for hydroxylation is 3. The van der Waals surface area contributed by atoms with Gasteiger partial charge in [0, 0.05) is 79.6 Å². The van der Waals surface area contributed by atoms with Crippen LogP contribution in [0.3, 0.4) is 0 Å². The number of hydrogen-bond donors (Lipinski definition) is 1. The van der Waals surface area contributed by atoms with Crippen molar-refractivity contribution >= 4 is 11.7 Å². The molecule has 0 saturated carbocycles. The van der Waals surface area contributed by atoms with Gasteiger partial charge in [-0.3, -0.25) is 19.7 Å². The average molecular weight is 465 g/mol. The summed E-state index contributed by atoms with van der Waals surface area (Å²) in [6, 6.07) is 10.0. The van der Waals surface area contributed by atoms with Crippen LogP contribution >= 0.6 is 0 Å². The molecule has 4 aromatic heterocycles. The molecule has 1 aliphatic rings. The lowest BCUT2D eigenvalue weighted by atomic mass is 9.98. The van der Waals surface area contributed by atoms with Crippen molar-refractivity contribution in [3.63, 3.8) is 0 Å². The number of amides is 1. The van der Waals surface area contributed by atoms with Crippen molar-refractivity contribution < 1.29 is 4.79 Å². The van der Waals surface area contributed by atoms with E-state index in [0.29, 0.717) is 12.1 Å². The third-order valence-electron chi connectivity index (χ3n) is 6.41. The number of nitrogens with zero attached hydrogens (tertiary/aromatic N) is 5. The zero-order valence-corrected chi connectivity index (χ0v) is 20.2. The highest BCUT2D eigenvalue weighted by molar-refractivity contribution is 5.94. The molecule has 0 spiro atoms. The van der Waals surface area contributed by atoms with Gasteiger partial charge in [-0.1, -0.05) is 0 Å². The quantitative estimate of drug-likeness (QED) is 0.473. The summed E-state index contributed by atoms with van der Waals surface area (Å²) in [5.41, 5.74) is 9.28. The number of pyridine rings is 4. The first kappa shape index (κ1) is 22.7. The van der Waals surface area contributed by atoms with Crippen molar-refractivity contribution in [1.82, 2.24) is 25.3 Å². The van der Waals surface area contributed by atoms with Gasteiger partial charge in [0.15, 0.2) is 0 Å². The van der Waals surface area contributed by atoms with Crippen LogP contribution in [0.25, 0.3) is 11.1 Å². The molecule has 0 aliphatic carbocycles. The Hall–Kier alpha value is -4.13. The largest absolute Gasteiger partial charge is 0.352 e. The second-order valence-corrected chi connectivity index (χ2v) is 9.04. The van der Waals surface area contributed by atoms with Crippen LogP contribution in [0, 0.1) is 20.8 Å². The van der Waals surface area contributed by atoms with Crippen LogP contribution in [-0.4, -0.2) is 32.4 Å². The first-order valence-electron chi connectivity index (χ1n) is 11.8. The summed E-state index contributed by atoms with van der Waals surface area (Å²) in [6.07, 6.45) is 9.84. The average Bonchev–Trinajstić information content (AvgIpc) is 2.87. The number of hydrogen-bond acceptors (Lipinski definition) is 6. The van der Waals surface area contributed by atoms with Crippen molar-refractivity contribution in [3.8, 4) is 11.1 Å². The Balaban J connectivity index is 1.32. The fourth-order valence-electron chi connectivity index (χ4n) is 4.56. The zero-order chi connectivity index (χ0) is 24.4. The third kappa shape index (κ3) is 4.89. The first-order valence-corrected chi connectivity index (χ1v) is 11.8. The van der Waals surface area contributed by atoms with Gasteiger partial charge in [-0.2, -0.15) is 0 Å². The summed E-state index contributed by atoms with van der Waals surface area (Å²) in [6.45, 7) is 8.15. The van der Waals surface area contributed by atoms with E-state index in [1.54, 1.807) is 18.6 Å². The van der Waals surface area contributed by atoms with E-state index in [0.717, 1.165) is 59.0 Å². The number of rotatable bonds is 5. The van der Waals surface area contributed by atoms with Crippen molar-refractivity contribution in [2.24, 2.45) is 0 Å². The van der Waals surface area contributed by atoms with Crippen molar-refractivity contribution in [2.75, 3.05) is 11.4 Å². The molecule has 0 aromatic carbocycles. The molecular formula is C28H28N6O. The maximum atomic E-state index is 12.6. The van der Waals surface area contributed by atoms with Crippen LogP contribution in [-0.2, 0) is 19.5 Å². The van der Waals surface area contributed by atoms with Crippen LogP contribution in [0.1, 0.15) is 44.0 Å². The van der Waals surface area contributed by atoms with Gasteiger partial charge >= 0.3 is 0 Å². The lowest BCUT2D eigenvalue weighted by Crippen LogP contribution is -2.32. The van der Waals surface area contributed by atoms with Crippen molar-refractivity contribution in [2.45, 2.75) is 40.3 Å². The molecule has 35 heavy (non-hydrogen) atoms. The Labute approximate surface area is 205 Å². The summed E-state index contributed by atoms with van der Waals surface area (Å²) in [7, 11) is 0. The number of nitrogens with one attached hydrogen (secondary N) is 1. The molecule has 7 heteroatoms. The molecule has 0 saturated heterocycles. The van der Waals surface area contributed by atoms with E-state index in [1.807, 2.05) is 44.4 Å². The molecule has 7 nitrogen and oxygen atoms in total. The second kappa shape index (κ2) is 9.62. The summed E-state index contributed by atoms with van der Waals surface area (Å²) in [5, 5.41) is 2.95. The number of anilines is 1. The van der Waals surface area contributed by atoms with E-state index in [-0.39, 0.29) is 5.91 Å². The predicted octanol–water partition coefficient (Wildman–Crippen LogP) is 4.35. The summed E-state index contributed by atoms with van der Waals surface area (Å²) in [4.78, 5) is 32.8. The van der Waals surface area contributed by atoms with Crippen LogP contribution in [0.5, 0.6) is 0 Å². The van der Waals surface area contributed by atoms with Gasteiger partial charge < -0.3 is 10.2 Å². The van der Waals surface area contributed by atoms with Gasteiger partial charge in [-0.15, -0.1) is 0 Å². The van der Waals surface area contributed by atoms with E-state index in [9.17, 15) is 4.79 Å². The van der Waals surface area contributed by atoms with Crippen molar-refractivity contribution in [1.29, 1.82) is 0 Å². The van der Waals surface area contributed by atoms with Gasteiger partial charge in [0.05, 0.1) is 5.56 Å². The molecule has 5 rings (SSSR count).